The zero-order chi connectivity index (χ0) is 8.58. The highest BCUT2D eigenvalue weighted by Crippen LogP contribution is 2.68. The molecule has 1 heteroatoms. The van der Waals surface area contributed by atoms with Gasteiger partial charge in [0.2, 0.25) is 0 Å². The number of fused-ring (bicyclic) bond motifs is 8. The van der Waals surface area contributed by atoms with Crippen molar-refractivity contribution in [3.8, 4) is 0 Å². The molecule has 7 atom stereocenters. The molecule has 0 heterocycles. The molecular formula is C12H16O. The van der Waals surface area contributed by atoms with E-state index in [-0.39, 0.29) is 6.10 Å². The van der Waals surface area contributed by atoms with Crippen molar-refractivity contribution in [1.29, 1.82) is 0 Å². The maximum atomic E-state index is 9.81. The van der Waals surface area contributed by atoms with Crippen LogP contribution in [-0.2, 0) is 0 Å². The number of hydrogen-bond donors (Lipinski definition) is 1. The van der Waals surface area contributed by atoms with Crippen LogP contribution in [0.25, 0.3) is 0 Å². The number of rotatable bonds is 0. The average molecular weight is 176 g/mol. The van der Waals surface area contributed by atoms with Gasteiger partial charge in [-0.15, -0.1) is 0 Å². The van der Waals surface area contributed by atoms with E-state index in [4.69, 9.17) is 0 Å². The molecule has 7 unspecified atom stereocenters. The van der Waals surface area contributed by atoms with Crippen LogP contribution in [0.4, 0.5) is 0 Å². The normalized spacial score (nSPS) is 66.4. The summed E-state index contributed by atoms with van der Waals surface area (Å²) in [5.74, 6) is 5.33. The van der Waals surface area contributed by atoms with Crippen molar-refractivity contribution >= 4 is 0 Å². The van der Waals surface area contributed by atoms with Crippen LogP contribution in [0.3, 0.4) is 0 Å². The molecule has 0 aliphatic heterocycles. The molecule has 2 bridgehead atoms. The van der Waals surface area contributed by atoms with Gasteiger partial charge in [0, 0.05) is 0 Å². The van der Waals surface area contributed by atoms with Crippen LogP contribution >= 0.6 is 0 Å². The molecule has 0 spiro atoms. The zero-order valence-electron chi connectivity index (χ0n) is 7.76. The predicted octanol–water partition coefficient (Wildman–Crippen LogP) is 1.83. The SMILES string of the molecule is OC1C=CC2C1C1C3CCC(C3)C21. The molecule has 13 heavy (non-hydrogen) atoms. The fourth-order valence-corrected chi connectivity index (χ4v) is 4.97. The Labute approximate surface area is 78.8 Å². The van der Waals surface area contributed by atoms with Gasteiger partial charge in [-0.3, -0.25) is 0 Å². The molecule has 4 aliphatic carbocycles. The van der Waals surface area contributed by atoms with E-state index >= 15 is 0 Å². The van der Waals surface area contributed by atoms with Gasteiger partial charge in [-0.25, -0.2) is 0 Å². The maximum Gasteiger partial charge on any atom is 0.0757 e. The minimum absolute atomic E-state index is 0.0920. The van der Waals surface area contributed by atoms with Crippen molar-refractivity contribution in [2.75, 3.05) is 0 Å². The van der Waals surface area contributed by atoms with Gasteiger partial charge < -0.3 is 5.11 Å². The van der Waals surface area contributed by atoms with Crippen LogP contribution in [0, 0.1) is 35.5 Å². The van der Waals surface area contributed by atoms with Gasteiger partial charge in [-0.05, 0) is 54.8 Å². The zero-order valence-corrected chi connectivity index (χ0v) is 7.76. The standard InChI is InChI=1S/C12H16O/c13-9-4-3-8-10-6-1-2-7(5-6)11(10)12(8)9/h3-4,6-13H,1-2,5H2. The second kappa shape index (κ2) is 2.03. The minimum Gasteiger partial charge on any atom is -0.389 e. The summed E-state index contributed by atoms with van der Waals surface area (Å²) in [7, 11) is 0. The summed E-state index contributed by atoms with van der Waals surface area (Å²) in [6.07, 6.45) is 8.69. The Morgan fingerprint density at radius 2 is 1.69 bits per heavy atom. The van der Waals surface area contributed by atoms with E-state index in [9.17, 15) is 5.11 Å². The highest BCUT2D eigenvalue weighted by atomic mass is 16.3. The van der Waals surface area contributed by atoms with Crippen LogP contribution in [0.5, 0.6) is 0 Å². The molecule has 1 N–H and O–H groups in total. The number of aliphatic hydroxyl groups excluding tert-OH is 1. The van der Waals surface area contributed by atoms with Gasteiger partial charge in [0.05, 0.1) is 6.10 Å². The van der Waals surface area contributed by atoms with Crippen molar-refractivity contribution in [3.05, 3.63) is 12.2 Å². The topological polar surface area (TPSA) is 20.2 Å². The lowest BCUT2D eigenvalue weighted by Crippen LogP contribution is -2.50. The van der Waals surface area contributed by atoms with Crippen molar-refractivity contribution in [2.24, 2.45) is 35.5 Å². The summed E-state index contributed by atoms with van der Waals surface area (Å²) in [4.78, 5) is 0. The van der Waals surface area contributed by atoms with Gasteiger partial charge in [0.25, 0.3) is 0 Å². The smallest absolute Gasteiger partial charge is 0.0757 e. The van der Waals surface area contributed by atoms with Gasteiger partial charge in [0.1, 0.15) is 0 Å². The van der Waals surface area contributed by atoms with E-state index in [0.717, 1.165) is 29.6 Å². The summed E-state index contributed by atoms with van der Waals surface area (Å²) in [5.41, 5.74) is 0. The monoisotopic (exact) mass is 176 g/mol. The highest BCUT2D eigenvalue weighted by Gasteiger charge is 2.64. The molecule has 1 nitrogen and oxygen atoms in total. The Hall–Kier alpha value is -0.300. The molecule has 0 saturated heterocycles. The van der Waals surface area contributed by atoms with Crippen molar-refractivity contribution < 1.29 is 5.11 Å². The number of aliphatic hydroxyl groups is 1. The van der Waals surface area contributed by atoms with E-state index in [1.807, 2.05) is 6.08 Å². The Balaban J connectivity index is 1.72. The second-order valence-electron chi connectivity index (χ2n) is 5.52. The molecule has 3 saturated carbocycles. The van der Waals surface area contributed by atoms with Gasteiger partial charge in [0.15, 0.2) is 0 Å². The molecule has 70 valence electrons. The third-order valence-corrected chi connectivity index (χ3v) is 5.31. The first kappa shape index (κ1) is 7.05. The molecule has 4 rings (SSSR count). The molecule has 0 aromatic rings. The lowest BCUT2D eigenvalue weighted by molar-refractivity contribution is -0.0726. The van der Waals surface area contributed by atoms with Crippen LogP contribution in [0.1, 0.15) is 19.3 Å². The quantitative estimate of drug-likeness (QED) is 0.558. The molecule has 0 amide bonds. The molecular weight excluding hydrogens is 160 g/mol. The first-order chi connectivity index (χ1) is 6.36. The molecule has 4 aliphatic rings. The van der Waals surface area contributed by atoms with E-state index in [1.54, 1.807) is 0 Å². The summed E-state index contributed by atoms with van der Waals surface area (Å²) >= 11 is 0. The third-order valence-electron chi connectivity index (χ3n) is 5.31. The number of allylic oxidation sites excluding steroid dienone is 1. The summed E-state index contributed by atoms with van der Waals surface area (Å²) in [6.45, 7) is 0. The van der Waals surface area contributed by atoms with Crippen LogP contribution < -0.4 is 0 Å². The highest BCUT2D eigenvalue weighted by molar-refractivity contribution is 5.23. The van der Waals surface area contributed by atoms with Crippen molar-refractivity contribution in [1.82, 2.24) is 0 Å². The summed E-state index contributed by atoms with van der Waals surface area (Å²) in [5, 5.41) is 9.81. The van der Waals surface area contributed by atoms with Crippen LogP contribution in [-0.4, -0.2) is 11.2 Å². The van der Waals surface area contributed by atoms with Crippen LogP contribution in [0.15, 0.2) is 12.2 Å². The van der Waals surface area contributed by atoms with Crippen LogP contribution in [0.2, 0.25) is 0 Å². The Morgan fingerprint density at radius 1 is 0.923 bits per heavy atom. The third kappa shape index (κ3) is 0.633. The van der Waals surface area contributed by atoms with Gasteiger partial charge in [-0.1, -0.05) is 12.2 Å². The Kier molecular flexibility index (Phi) is 1.10. The minimum atomic E-state index is -0.0920. The van der Waals surface area contributed by atoms with Gasteiger partial charge in [-0.2, -0.15) is 0 Å². The van der Waals surface area contributed by atoms with E-state index < -0.39 is 0 Å². The largest absolute Gasteiger partial charge is 0.389 e. The maximum absolute atomic E-state index is 9.81. The van der Waals surface area contributed by atoms with E-state index in [1.165, 1.54) is 19.3 Å². The average Bonchev–Trinajstić information content (AvgIpc) is 2.66. The predicted molar refractivity (Wildman–Crippen MR) is 49.9 cm³/mol. The molecule has 3 fully saturated rings. The second-order valence-corrected chi connectivity index (χ2v) is 5.52. The first-order valence-corrected chi connectivity index (χ1v) is 5.72. The lowest BCUT2D eigenvalue weighted by atomic mass is 9.52. The van der Waals surface area contributed by atoms with Crippen molar-refractivity contribution in [2.45, 2.75) is 25.4 Å². The molecule has 0 aromatic carbocycles. The summed E-state index contributed by atoms with van der Waals surface area (Å²) in [6, 6.07) is 0. The van der Waals surface area contributed by atoms with Crippen molar-refractivity contribution in [3.63, 3.8) is 0 Å². The van der Waals surface area contributed by atoms with E-state index in [0.29, 0.717) is 5.92 Å². The number of hydrogen-bond acceptors (Lipinski definition) is 1. The Morgan fingerprint density at radius 3 is 2.54 bits per heavy atom. The fourth-order valence-electron chi connectivity index (χ4n) is 4.97. The molecule has 0 radical (unpaired) electrons. The Bertz CT molecular complexity index is 283. The molecule has 0 aromatic heterocycles. The fraction of sp³-hybridized carbons (Fsp3) is 0.833. The first-order valence-electron chi connectivity index (χ1n) is 5.72. The van der Waals surface area contributed by atoms with E-state index in [2.05, 4.69) is 6.08 Å². The summed E-state index contributed by atoms with van der Waals surface area (Å²) < 4.78 is 0. The van der Waals surface area contributed by atoms with Gasteiger partial charge >= 0.3 is 0 Å². The lowest BCUT2D eigenvalue weighted by Gasteiger charge is -2.52.